The molecule has 1 aliphatic heterocycles. The molecule has 12 nitrogen and oxygen atoms in total. The van der Waals surface area contributed by atoms with E-state index in [2.05, 4.69) is 15.0 Å². The number of carboxylic acids is 1. The van der Waals surface area contributed by atoms with Gasteiger partial charge in [-0.25, -0.2) is 19.7 Å². The van der Waals surface area contributed by atoms with Gasteiger partial charge in [-0.3, -0.25) is 19.3 Å². The molecule has 45 heavy (non-hydrogen) atoms. The second-order valence-corrected chi connectivity index (χ2v) is 9.46. The van der Waals surface area contributed by atoms with Gasteiger partial charge in [-0.05, 0) is 42.8 Å². The fraction of sp³-hybridized carbons (Fsp3) is 0.182. The maximum absolute atomic E-state index is 11.9. The molecule has 1 unspecified atom stereocenters. The first-order valence-electron chi connectivity index (χ1n) is 13.8. The number of carbonyl (C=O) groups excluding carboxylic acids is 3. The highest BCUT2D eigenvalue weighted by molar-refractivity contribution is 6.14. The van der Waals surface area contributed by atoms with Crippen LogP contribution in [0.25, 0.3) is 11.4 Å². The maximum Gasteiger partial charge on any atom is 0.326 e. The molecule has 1 atom stereocenters. The predicted octanol–water partition coefficient (Wildman–Crippen LogP) is 4.43. The molecule has 2 heterocycles. The molecule has 0 fully saturated rings. The van der Waals surface area contributed by atoms with E-state index in [1.165, 1.54) is 24.8 Å². The number of unbranched alkanes of at least 4 members (excludes halogenated alkanes) is 1. The Balaban J connectivity index is 0.000000184. The van der Waals surface area contributed by atoms with Gasteiger partial charge in [0.15, 0.2) is 11.6 Å². The van der Waals surface area contributed by atoms with Crippen LogP contribution < -0.4 is 4.74 Å². The third-order valence-electron chi connectivity index (χ3n) is 6.37. The zero-order valence-corrected chi connectivity index (χ0v) is 24.6. The van der Waals surface area contributed by atoms with Crippen molar-refractivity contribution in [2.45, 2.75) is 32.2 Å². The summed E-state index contributed by atoms with van der Waals surface area (Å²) in [5.74, 6) is -1.26. The number of ketones is 1. The number of aromatic nitrogens is 3. The number of amides is 2. The van der Waals surface area contributed by atoms with E-state index >= 15 is 0 Å². The Bertz CT molecular complexity index is 1610. The molecule has 0 saturated heterocycles. The number of aliphatic carboxylic acids is 1. The number of methoxy groups -OCH3 is 1. The van der Waals surface area contributed by atoms with Crippen molar-refractivity contribution in [2.24, 2.45) is 0 Å². The van der Waals surface area contributed by atoms with Crippen LogP contribution in [0.1, 0.15) is 42.1 Å². The summed E-state index contributed by atoms with van der Waals surface area (Å²) in [7, 11) is 1.64. The van der Waals surface area contributed by atoms with Crippen molar-refractivity contribution in [3.8, 4) is 28.6 Å². The second kappa shape index (κ2) is 16.7. The third-order valence-corrected chi connectivity index (χ3v) is 6.37. The average Bonchev–Trinajstić information content (AvgIpc) is 3.39. The molecule has 1 aliphatic rings. The number of ether oxygens (including phenoxy) is 1. The van der Waals surface area contributed by atoms with Crippen molar-refractivity contribution < 1.29 is 39.2 Å². The lowest BCUT2D eigenvalue weighted by Crippen LogP contribution is -2.44. The van der Waals surface area contributed by atoms with Gasteiger partial charge in [-0.2, -0.15) is 0 Å². The van der Waals surface area contributed by atoms with E-state index in [0.717, 1.165) is 40.9 Å². The van der Waals surface area contributed by atoms with E-state index in [0.29, 0.717) is 24.2 Å². The number of nitrogens with zero attached hydrogens (tertiary/aromatic N) is 4. The molecule has 4 aromatic rings. The van der Waals surface area contributed by atoms with Crippen LogP contribution in [0, 0.1) is 0 Å². The summed E-state index contributed by atoms with van der Waals surface area (Å²) in [6, 6.07) is 19.1. The number of benzene rings is 3. The van der Waals surface area contributed by atoms with Crippen LogP contribution in [-0.4, -0.2) is 71.9 Å². The number of aromatic hydroxyl groups is 2. The average molecular weight is 613 g/mol. The maximum atomic E-state index is 11.9. The van der Waals surface area contributed by atoms with Crippen LogP contribution in [0.3, 0.4) is 0 Å². The number of rotatable bonds is 9. The van der Waals surface area contributed by atoms with Gasteiger partial charge >= 0.3 is 5.97 Å². The summed E-state index contributed by atoms with van der Waals surface area (Å²) in [4.78, 5) is 58.0. The lowest BCUT2D eigenvalue weighted by atomic mass is 10.0. The number of carbonyl (C=O) groups is 4. The van der Waals surface area contributed by atoms with Gasteiger partial charge in [0.25, 0.3) is 11.8 Å². The Morgan fingerprint density at radius 1 is 0.889 bits per heavy atom. The van der Waals surface area contributed by atoms with Crippen molar-refractivity contribution >= 4 is 23.6 Å². The highest BCUT2D eigenvalue weighted by Gasteiger charge is 2.35. The molecule has 0 spiro atoms. The molecule has 0 saturated carbocycles. The van der Waals surface area contributed by atoms with Gasteiger partial charge in [0.05, 0.1) is 12.7 Å². The molecule has 232 valence electrons. The van der Waals surface area contributed by atoms with Crippen LogP contribution >= 0.6 is 0 Å². The van der Waals surface area contributed by atoms with E-state index in [9.17, 15) is 24.3 Å². The lowest BCUT2D eigenvalue weighted by Gasteiger charge is -2.21. The van der Waals surface area contributed by atoms with Crippen molar-refractivity contribution in [3.05, 3.63) is 109 Å². The number of phenols is 2. The van der Waals surface area contributed by atoms with Crippen LogP contribution in [0.5, 0.6) is 17.2 Å². The van der Waals surface area contributed by atoms with Crippen LogP contribution in [0.4, 0.5) is 0 Å². The monoisotopic (exact) mass is 612 g/mol. The van der Waals surface area contributed by atoms with Crippen molar-refractivity contribution in [1.82, 2.24) is 19.9 Å². The molecular formula is C33H32N4O8. The molecule has 5 rings (SSSR count). The Morgan fingerprint density at radius 3 is 2.04 bits per heavy atom. The Labute approximate surface area is 259 Å². The first kappa shape index (κ1) is 33.6. The summed E-state index contributed by atoms with van der Waals surface area (Å²) in [5, 5.41) is 27.6. The number of hydrogen-bond donors (Lipinski definition) is 3. The molecule has 0 bridgehead atoms. The topological polar surface area (TPSA) is 180 Å². The third kappa shape index (κ3) is 9.55. The van der Waals surface area contributed by atoms with Gasteiger partial charge in [0, 0.05) is 29.3 Å². The minimum Gasteiger partial charge on any atom is -0.508 e. The minimum atomic E-state index is -1.13. The Hall–Kier alpha value is -5.91. The fourth-order valence-electron chi connectivity index (χ4n) is 4.06. The number of phenolic OH excluding ortho intramolecular Hbond substituents is 2. The Morgan fingerprint density at radius 2 is 1.51 bits per heavy atom. The van der Waals surface area contributed by atoms with Crippen LogP contribution in [0.2, 0.25) is 0 Å². The zero-order chi connectivity index (χ0) is 32.8. The second-order valence-electron chi connectivity index (χ2n) is 9.46. The minimum absolute atomic E-state index is 0.0675. The predicted molar refractivity (Wildman–Crippen MR) is 163 cm³/mol. The first-order chi connectivity index (χ1) is 21.7. The SMILES string of the molecule is CCCCC(C(=O)O)N1C(=O)C=CC1=O.COc1ccc(-c2ncncn2)cc1.O=C(c1ccccc1)c1ccc(O)cc1O. The normalized spacial score (nSPS) is 12.4. The van der Waals surface area contributed by atoms with E-state index in [4.69, 9.17) is 14.9 Å². The van der Waals surface area contributed by atoms with E-state index in [1.54, 1.807) is 31.4 Å². The molecule has 2 amide bonds. The first-order valence-corrected chi connectivity index (χ1v) is 13.8. The lowest BCUT2D eigenvalue weighted by molar-refractivity contribution is -0.153. The molecule has 12 heteroatoms. The van der Waals surface area contributed by atoms with Crippen molar-refractivity contribution in [1.29, 1.82) is 0 Å². The summed E-state index contributed by atoms with van der Waals surface area (Å²) in [5.41, 5.74) is 1.64. The van der Waals surface area contributed by atoms with Gasteiger partial charge in [-0.15, -0.1) is 0 Å². The molecule has 0 aliphatic carbocycles. The van der Waals surface area contributed by atoms with Gasteiger partial charge in [0.2, 0.25) is 0 Å². The molecular weight excluding hydrogens is 580 g/mol. The van der Waals surface area contributed by atoms with Gasteiger partial charge in [-0.1, -0.05) is 50.1 Å². The molecule has 1 aromatic heterocycles. The standard InChI is InChI=1S/C13H10O3.C10H9N3O.C10H13NO4/c14-10-6-7-11(12(15)8-10)13(16)9-4-2-1-3-5-9;1-14-9-4-2-8(3-5-9)10-12-6-11-7-13-10;1-2-3-4-7(10(14)15)11-8(12)5-6-9(11)13/h1-8,14-15H;2-7H,1H3;5-7H,2-4H2,1H3,(H,14,15). The molecule has 0 radical (unpaired) electrons. The molecule has 3 aromatic carbocycles. The highest BCUT2D eigenvalue weighted by Crippen LogP contribution is 2.25. The smallest absolute Gasteiger partial charge is 0.326 e. The quantitative estimate of drug-likeness (QED) is 0.180. The largest absolute Gasteiger partial charge is 0.508 e. The van der Waals surface area contributed by atoms with Crippen molar-refractivity contribution in [3.63, 3.8) is 0 Å². The number of carboxylic acid groups (broad SMARTS) is 1. The van der Waals surface area contributed by atoms with Crippen molar-refractivity contribution in [2.75, 3.05) is 7.11 Å². The molecule has 3 N–H and O–H groups in total. The fourth-order valence-corrected chi connectivity index (χ4v) is 4.06. The van der Waals surface area contributed by atoms with E-state index < -0.39 is 23.8 Å². The van der Waals surface area contributed by atoms with E-state index in [1.807, 2.05) is 37.3 Å². The summed E-state index contributed by atoms with van der Waals surface area (Å²) >= 11 is 0. The van der Waals surface area contributed by atoms with Crippen LogP contribution in [-0.2, 0) is 14.4 Å². The van der Waals surface area contributed by atoms with Gasteiger partial charge in [0.1, 0.15) is 35.9 Å². The van der Waals surface area contributed by atoms with E-state index in [-0.39, 0.29) is 22.8 Å². The Kier molecular flexibility index (Phi) is 12.4. The van der Waals surface area contributed by atoms with Gasteiger partial charge < -0.3 is 20.1 Å². The summed E-state index contributed by atoms with van der Waals surface area (Å²) in [6.45, 7) is 1.92. The van der Waals surface area contributed by atoms with Crippen LogP contribution in [0.15, 0.2) is 97.6 Å². The number of imide groups is 1. The number of hydrogen-bond acceptors (Lipinski definition) is 10. The summed E-state index contributed by atoms with van der Waals surface area (Å²) in [6.07, 6.45) is 6.97. The summed E-state index contributed by atoms with van der Waals surface area (Å²) < 4.78 is 5.05. The zero-order valence-electron chi connectivity index (χ0n) is 24.6. The highest BCUT2D eigenvalue weighted by atomic mass is 16.5.